The number of rotatable bonds is 5. The summed E-state index contributed by atoms with van der Waals surface area (Å²) >= 11 is 0. The Morgan fingerprint density at radius 2 is 2.04 bits per heavy atom. The largest absolute Gasteiger partial charge is 0.479 e. The van der Waals surface area contributed by atoms with E-state index in [9.17, 15) is 14.7 Å². The molecule has 0 bridgehead atoms. The number of carbonyl (C=O) groups is 2. The molecule has 2 aromatic rings. The molecule has 1 aromatic carbocycles. The summed E-state index contributed by atoms with van der Waals surface area (Å²) in [6, 6.07) is 8.28. The van der Waals surface area contributed by atoms with Gasteiger partial charge in [-0.05, 0) is 54.5 Å². The minimum absolute atomic E-state index is 0.131. The van der Waals surface area contributed by atoms with Crippen LogP contribution in [0.15, 0.2) is 42.7 Å². The number of pyridine rings is 1. The molecule has 5 heteroatoms. The maximum absolute atomic E-state index is 12.5. The molecule has 5 nitrogen and oxygen atoms in total. The molecule has 1 aliphatic rings. The Balaban J connectivity index is 1.74. The standard InChI is InChI=1S/C19H20N2O3/c1-11-5-3-7-14(12(11)2)17(19(23)24)21-18(22)16-9-15(16)13-6-4-8-20-10-13/h3-8,10,15-17H,9H2,1-2H3,(H,21,22)(H,23,24)/t15-,16+,17?/m0/s1. The molecule has 3 atom stereocenters. The van der Waals surface area contributed by atoms with Crippen LogP contribution in [0.5, 0.6) is 0 Å². The molecule has 0 aliphatic heterocycles. The van der Waals surface area contributed by atoms with Crippen LogP contribution in [-0.2, 0) is 9.59 Å². The Bertz CT molecular complexity index is 773. The van der Waals surface area contributed by atoms with Crippen LogP contribution in [0.1, 0.15) is 40.6 Å². The van der Waals surface area contributed by atoms with E-state index in [1.807, 2.05) is 38.1 Å². The van der Waals surface area contributed by atoms with Crippen molar-refractivity contribution < 1.29 is 14.7 Å². The molecule has 2 N–H and O–H groups in total. The summed E-state index contributed by atoms with van der Waals surface area (Å²) in [6.07, 6.45) is 4.19. The van der Waals surface area contributed by atoms with Crippen molar-refractivity contribution in [3.8, 4) is 0 Å². The molecule has 0 saturated heterocycles. The van der Waals surface area contributed by atoms with Crippen molar-refractivity contribution >= 4 is 11.9 Å². The maximum atomic E-state index is 12.5. The Kier molecular flexibility index (Phi) is 4.34. The zero-order valence-electron chi connectivity index (χ0n) is 13.7. The predicted molar refractivity (Wildman–Crippen MR) is 89.5 cm³/mol. The summed E-state index contributed by atoms with van der Waals surface area (Å²) < 4.78 is 0. The second kappa shape index (κ2) is 6.43. The fourth-order valence-corrected chi connectivity index (χ4v) is 3.06. The second-order valence-corrected chi connectivity index (χ2v) is 6.30. The number of nitrogens with zero attached hydrogens (tertiary/aromatic N) is 1. The Labute approximate surface area is 140 Å². The first kappa shape index (κ1) is 16.2. The predicted octanol–water partition coefficient (Wildman–Crippen LogP) is 2.74. The van der Waals surface area contributed by atoms with Gasteiger partial charge in [-0.25, -0.2) is 4.79 Å². The number of carbonyl (C=O) groups excluding carboxylic acids is 1. The zero-order valence-corrected chi connectivity index (χ0v) is 13.7. The molecular formula is C19H20N2O3. The summed E-state index contributed by atoms with van der Waals surface area (Å²) in [5.41, 5.74) is 3.56. The molecular weight excluding hydrogens is 304 g/mol. The van der Waals surface area contributed by atoms with Crippen molar-refractivity contribution in [2.24, 2.45) is 5.92 Å². The summed E-state index contributed by atoms with van der Waals surface area (Å²) in [6.45, 7) is 3.81. The van der Waals surface area contributed by atoms with Gasteiger partial charge in [0.05, 0.1) is 0 Å². The number of aromatic nitrogens is 1. The van der Waals surface area contributed by atoms with Crippen LogP contribution < -0.4 is 5.32 Å². The number of aryl methyl sites for hydroxylation is 1. The molecule has 1 unspecified atom stereocenters. The fourth-order valence-electron chi connectivity index (χ4n) is 3.06. The van der Waals surface area contributed by atoms with Crippen molar-refractivity contribution in [1.82, 2.24) is 10.3 Å². The monoisotopic (exact) mass is 324 g/mol. The van der Waals surface area contributed by atoms with Gasteiger partial charge in [-0.15, -0.1) is 0 Å². The molecule has 3 rings (SSSR count). The van der Waals surface area contributed by atoms with E-state index < -0.39 is 12.0 Å². The van der Waals surface area contributed by atoms with Crippen LogP contribution in [0.25, 0.3) is 0 Å². The third-order valence-electron chi connectivity index (χ3n) is 4.73. The van der Waals surface area contributed by atoms with Crippen LogP contribution in [0.3, 0.4) is 0 Å². The molecule has 0 spiro atoms. The van der Waals surface area contributed by atoms with Gasteiger partial charge >= 0.3 is 5.97 Å². The van der Waals surface area contributed by atoms with E-state index in [1.165, 1.54) is 0 Å². The number of hydrogen-bond acceptors (Lipinski definition) is 3. The highest BCUT2D eigenvalue weighted by molar-refractivity contribution is 5.88. The number of benzene rings is 1. The van der Waals surface area contributed by atoms with Crippen LogP contribution >= 0.6 is 0 Å². The Morgan fingerprint density at radius 3 is 2.71 bits per heavy atom. The van der Waals surface area contributed by atoms with E-state index in [2.05, 4.69) is 10.3 Å². The van der Waals surface area contributed by atoms with Gasteiger partial charge in [0, 0.05) is 18.3 Å². The van der Waals surface area contributed by atoms with Gasteiger partial charge < -0.3 is 10.4 Å². The van der Waals surface area contributed by atoms with E-state index in [-0.39, 0.29) is 17.7 Å². The highest BCUT2D eigenvalue weighted by Gasteiger charge is 2.45. The molecule has 0 radical (unpaired) electrons. The molecule has 1 aliphatic carbocycles. The minimum atomic E-state index is -1.05. The van der Waals surface area contributed by atoms with Gasteiger partial charge in [-0.3, -0.25) is 9.78 Å². The van der Waals surface area contributed by atoms with Gasteiger partial charge in [-0.2, -0.15) is 0 Å². The van der Waals surface area contributed by atoms with Crippen molar-refractivity contribution in [3.63, 3.8) is 0 Å². The first-order valence-corrected chi connectivity index (χ1v) is 7.98. The number of carboxylic acid groups (broad SMARTS) is 1. The second-order valence-electron chi connectivity index (χ2n) is 6.30. The van der Waals surface area contributed by atoms with Crippen molar-refractivity contribution in [1.29, 1.82) is 0 Å². The number of amides is 1. The van der Waals surface area contributed by atoms with E-state index >= 15 is 0 Å². The van der Waals surface area contributed by atoms with Gasteiger partial charge in [0.2, 0.25) is 5.91 Å². The summed E-state index contributed by atoms with van der Waals surface area (Å²) in [4.78, 5) is 28.2. The lowest BCUT2D eigenvalue weighted by molar-refractivity contribution is -0.142. The molecule has 1 amide bonds. The van der Waals surface area contributed by atoms with E-state index in [0.717, 1.165) is 23.1 Å². The minimum Gasteiger partial charge on any atom is -0.479 e. The SMILES string of the molecule is Cc1cccc(C(NC(=O)[C@@H]2C[C@H]2c2cccnc2)C(=O)O)c1C. The van der Waals surface area contributed by atoms with Gasteiger partial charge in [0.15, 0.2) is 6.04 Å². The van der Waals surface area contributed by atoms with Crippen LogP contribution in [0.2, 0.25) is 0 Å². The van der Waals surface area contributed by atoms with Crippen LogP contribution in [0.4, 0.5) is 0 Å². The quantitative estimate of drug-likeness (QED) is 0.886. The van der Waals surface area contributed by atoms with E-state index in [1.54, 1.807) is 18.5 Å². The molecule has 124 valence electrons. The lowest BCUT2D eigenvalue weighted by atomic mass is 9.97. The molecule has 1 fully saturated rings. The average molecular weight is 324 g/mol. The number of nitrogens with one attached hydrogen (secondary N) is 1. The van der Waals surface area contributed by atoms with Crippen LogP contribution in [-0.4, -0.2) is 22.0 Å². The first-order chi connectivity index (χ1) is 11.5. The Morgan fingerprint density at radius 1 is 1.25 bits per heavy atom. The third-order valence-corrected chi connectivity index (χ3v) is 4.73. The highest BCUT2D eigenvalue weighted by atomic mass is 16.4. The molecule has 1 saturated carbocycles. The Hall–Kier alpha value is -2.69. The third kappa shape index (κ3) is 3.15. The maximum Gasteiger partial charge on any atom is 0.330 e. The number of carboxylic acids is 1. The fraction of sp³-hybridized carbons (Fsp3) is 0.316. The summed E-state index contributed by atoms with van der Waals surface area (Å²) in [5.74, 6) is -1.30. The van der Waals surface area contributed by atoms with E-state index in [4.69, 9.17) is 0 Å². The normalized spacial score (nSPS) is 20.2. The van der Waals surface area contributed by atoms with Crippen molar-refractivity contribution in [2.45, 2.75) is 32.2 Å². The lowest BCUT2D eigenvalue weighted by Crippen LogP contribution is -2.35. The molecule has 1 heterocycles. The topological polar surface area (TPSA) is 79.3 Å². The first-order valence-electron chi connectivity index (χ1n) is 7.98. The lowest BCUT2D eigenvalue weighted by Gasteiger charge is -2.18. The van der Waals surface area contributed by atoms with Gasteiger partial charge in [0.25, 0.3) is 0 Å². The zero-order chi connectivity index (χ0) is 17.3. The van der Waals surface area contributed by atoms with Crippen molar-refractivity contribution in [2.75, 3.05) is 0 Å². The number of aliphatic carboxylic acids is 1. The summed E-state index contributed by atoms with van der Waals surface area (Å²) in [7, 11) is 0. The average Bonchev–Trinajstić information content (AvgIpc) is 3.37. The highest BCUT2D eigenvalue weighted by Crippen LogP contribution is 2.47. The van der Waals surface area contributed by atoms with Gasteiger partial charge in [-0.1, -0.05) is 24.3 Å². The van der Waals surface area contributed by atoms with E-state index in [0.29, 0.717) is 5.56 Å². The van der Waals surface area contributed by atoms with Crippen LogP contribution in [0, 0.1) is 19.8 Å². The number of hydrogen-bond donors (Lipinski definition) is 2. The van der Waals surface area contributed by atoms with Crippen molar-refractivity contribution in [3.05, 3.63) is 65.0 Å². The smallest absolute Gasteiger partial charge is 0.330 e. The summed E-state index contributed by atoms with van der Waals surface area (Å²) in [5, 5.41) is 12.3. The van der Waals surface area contributed by atoms with Gasteiger partial charge in [0.1, 0.15) is 0 Å². The molecule has 24 heavy (non-hydrogen) atoms. The molecule has 1 aromatic heterocycles.